The summed E-state index contributed by atoms with van der Waals surface area (Å²) in [4.78, 5) is 19.0. The summed E-state index contributed by atoms with van der Waals surface area (Å²) in [6.07, 6.45) is 1.81. The van der Waals surface area contributed by atoms with Gasteiger partial charge in [0.25, 0.3) is 0 Å². The van der Waals surface area contributed by atoms with Gasteiger partial charge in [0.1, 0.15) is 5.01 Å². The van der Waals surface area contributed by atoms with Crippen LogP contribution in [-0.2, 0) is 6.54 Å². The Morgan fingerprint density at radius 2 is 1.96 bits per heavy atom. The van der Waals surface area contributed by atoms with E-state index in [4.69, 9.17) is 0 Å². The van der Waals surface area contributed by atoms with Crippen molar-refractivity contribution in [3.05, 3.63) is 71.2 Å². The maximum atomic E-state index is 12.8. The molecule has 2 amide bonds. The normalized spacial score (nSPS) is 10.8. The first-order chi connectivity index (χ1) is 12.5. The molecule has 1 N–H and O–H groups in total. The van der Waals surface area contributed by atoms with E-state index >= 15 is 0 Å². The molecule has 0 aliphatic carbocycles. The molecule has 5 heteroatoms. The van der Waals surface area contributed by atoms with Crippen LogP contribution in [0.2, 0.25) is 0 Å². The lowest BCUT2D eigenvalue weighted by Gasteiger charge is -2.27. The van der Waals surface area contributed by atoms with Gasteiger partial charge in [-0.1, -0.05) is 35.9 Å². The first kappa shape index (κ1) is 18.1. The zero-order valence-electron chi connectivity index (χ0n) is 15.3. The minimum absolute atomic E-state index is 0.0870. The molecule has 3 aromatic rings. The van der Waals surface area contributed by atoms with Crippen molar-refractivity contribution in [3.8, 4) is 10.6 Å². The Morgan fingerprint density at radius 1 is 1.19 bits per heavy atom. The molecular formula is C21H23N3OS. The lowest BCUT2D eigenvalue weighted by Crippen LogP contribution is -2.39. The largest absolute Gasteiger partial charge is 0.322 e. The van der Waals surface area contributed by atoms with Crippen LogP contribution in [-0.4, -0.2) is 22.0 Å². The lowest BCUT2D eigenvalue weighted by molar-refractivity contribution is 0.193. The van der Waals surface area contributed by atoms with Crippen molar-refractivity contribution in [1.82, 2.24) is 9.88 Å². The number of nitrogens with zero attached hydrogens (tertiary/aromatic N) is 2. The first-order valence-electron chi connectivity index (χ1n) is 8.66. The van der Waals surface area contributed by atoms with Crippen molar-refractivity contribution in [2.45, 2.75) is 33.4 Å². The van der Waals surface area contributed by atoms with Crippen LogP contribution in [0.5, 0.6) is 0 Å². The van der Waals surface area contributed by atoms with Gasteiger partial charge in [-0.05, 0) is 44.5 Å². The van der Waals surface area contributed by atoms with Gasteiger partial charge < -0.3 is 10.2 Å². The molecule has 0 atom stereocenters. The summed E-state index contributed by atoms with van der Waals surface area (Å²) in [6.45, 7) is 6.63. The van der Waals surface area contributed by atoms with E-state index < -0.39 is 0 Å². The molecule has 1 heterocycles. The molecule has 1 aromatic heterocycles. The SMILES string of the molecule is Cc1ccc(NC(=O)N(Cc2cccc(-c3nccs3)c2)C(C)C)cc1. The van der Waals surface area contributed by atoms with Crippen LogP contribution in [0, 0.1) is 6.92 Å². The van der Waals surface area contributed by atoms with Gasteiger partial charge in [0.05, 0.1) is 0 Å². The third kappa shape index (κ3) is 4.49. The van der Waals surface area contributed by atoms with Crippen LogP contribution in [0.15, 0.2) is 60.1 Å². The predicted molar refractivity (Wildman–Crippen MR) is 108 cm³/mol. The second-order valence-electron chi connectivity index (χ2n) is 6.56. The van der Waals surface area contributed by atoms with Gasteiger partial charge in [-0.25, -0.2) is 9.78 Å². The summed E-state index contributed by atoms with van der Waals surface area (Å²) in [5.74, 6) is 0. The number of aromatic nitrogens is 1. The Bertz CT molecular complexity index is 857. The highest BCUT2D eigenvalue weighted by Gasteiger charge is 2.18. The van der Waals surface area contributed by atoms with Crippen LogP contribution < -0.4 is 5.32 Å². The average Bonchev–Trinajstić information content (AvgIpc) is 3.16. The Morgan fingerprint density at radius 3 is 2.62 bits per heavy atom. The highest BCUT2D eigenvalue weighted by atomic mass is 32.1. The highest BCUT2D eigenvalue weighted by Crippen LogP contribution is 2.23. The predicted octanol–water partition coefficient (Wildman–Crippen LogP) is 5.56. The Kier molecular flexibility index (Phi) is 5.68. The molecule has 0 saturated carbocycles. The quantitative estimate of drug-likeness (QED) is 0.643. The van der Waals surface area contributed by atoms with Gasteiger partial charge in [-0.3, -0.25) is 0 Å². The zero-order chi connectivity index (χ0) is 18.5. The Hall–Kier alpha value is -2.66. The number of aryl methyl sites for hydroxylation is 1. The van der Waals surface area contributed by atoms with Gasteiger partial charge in [0, 0.05) is 35.4 Å². The highest BCUT2D eigenvalue weighted by molar-refractivity contribution is 7.13. The van der Waals surface area contributed by atoms with E-state index in [1.165, 1.54) is 5.56 Å². The van der Waals surface area contributed by atoms with E-state index in [2.05, 4.69) is 22.4 Å². The number of anilines is 1. The lowest BCUT2D eigenvalue weighted by atomic mass is 10.1. The number of benzene rings is 2. The second kappa shape index (κ2) is 8.15. The summed E-state index contributed by atoms with van der Waals surface area (Å²) in [6, 6.07) is 16.0. The van der Waals surface area contributed by atoms with Gasteiger partial charge in [0.2, 0.25) is 0 Å². The van der Waals surface area contributed by atoms with Gasteiger partial charge in [-0.2, -0.15) is 0 Å². The number of nitrogens with one attached hydrogen (secondary N) is 1. The summed E-state index contributed by atoms with van der Waals surface area (Å²) >= 11 is 1.62. The summed E-state index contributed by atoms with van der Waals surface area (Å²) in [5.41, 5.74) is 4.15. The van der Waals surface area contributed by atoms with Crippen LogP contribution in [0.4, 0.5) is 10.5 Å². The number of hydrogen-bond donors (Lipinski definition) is 1. The van der Waals surface area contributed by atoms with E-state index in [0.717, 1.165) is 21.8 Å². The second-order valence-corrected chi connectivity index (χ2v) is 7.45. The Labute approximate surface area is 158 Å². The molecule has 0 unspecified atom stereocenters. The number of carbonyl (C=O) groups excluding carboxylic acids is 1. The first-order valence-corrected chi connectivity index (χ1v) is 9.54. The fraction of sp³-hybridized carbons (Fsp3) is 0.238. The molecule has 0 bridgehead atoms. The molecule has 0 radical (unpaired) electrons. The molecule has 0 fully saturated rings. The summed E-state index contributed by atoms with van der Waals surface area (Å²) in [5, 5.41) is 5.95. The molecule has 0 aliphatic heterocycles. The number of rotatable bonds is 5. The standard InChI is InChI=1S/C21H23N3OS/c1-15(2)24(21(25)23-19-9-7-16(3)8-10-19)14-17-5-4-6-18(13-17)20-22-11-12-26-20/h4-13,15H,14H2,1-3H3,(H,23,25). The number of hydrogen-bond acceptors (Lipinski definition) is 3. The van der Waals surface area contributed by atoms with Crippen LogP contribution in [0.3, 0.4) is 0 Å². The van der Waals surface area contributed by atoms with E-state index in [-0.39, 0.29) is 12.1 Å². The van der Waals surface area contributed by atoms with Crippen LogP contribution in [0.1, 0.15) is 25.0 Å². The van der Waals surface area contributed by atoms with Crippen molar-refractivity contribution >= 4 is 23.1 Å². The number of thiazole rings is 1. The zero-order valence-corrected chi connectivity index (χ0v) is 16.1. The smallest absolute Gasteiger partial charge is 0.318 e. The topological polar surface area (TPSA) is 45.2 Å². The summed E-state index contributed by atoms with van der Waals surface area (Å²) in [7, 11) is 0. The van der Waals surface area contributed by atoms with E-state index in [0.29, 0.717) is 6.54 Å². The minimum atomic E-state index is -0.0940. The fourth-order valence-electron chi connectivity index (χ4n) is 2.69. The molecule has 4 nitrogen and oxygen atoms in total. The van der Waals surface area contributed by atoms with Crippen molar-refractivity contribution in [2.75, 3.05) is 5.32 Å². The van der Waals surface area contributed by atoms with Crippen LogP contribution >= 0.6 is 11.3 Å². The van der Waals surface area contributed by atoms with E-state index in [1.54, 1.807) is 11.3 Å². The van der Waals surface area contributed by atoms with Gasteiger partial charge in [0.15, 0.2) is 0 Å². The number of carbonyl (C=O) groups is 1. The molecule has 0 saturated heterocycles. The van der Waals surface area contributed by atoms with Gasteiger partial charge in [-0.15, -0.1) is 11.3 Å². The van der Waals surface area contributed by atoms with Crippen molar-refractivity contribution in [2.24, 2.45) is 0 Å². The maximum absolute atomic E-state index is 12.8. The molecular weight excluding hydrogens is 342 g/mol. The van der Waals surface area contributed by atoms with E-state index in [9.17, 15) is 4.79 Å². The third-order valence-corrected chi connectivity index (χ3v) is 4.97. The van der Waals surface area contributed by atoms with Crippen molar-refractivity contribution in [1.29, 1.82) is 0 Å². The fourth-order valence-corrected chi connectivity index (χ4v) is 3.32. The van der Waals surface area contributed by atoms with Crippen LogP contribution in [0.25, 0.3) is 10.6 Å². The molecule has 134 valence electrons. The molecule has 26 heavy (non-hydrogen) atoms. The maximum Gasteiger partial charge on any atom is 0.322 e. The average molecular weight is 366 g/mol. The minimum Gasteiger partial charge on any atom is -0.318 e. The number of amides is 2. The molecule has 0 aliphatic rings. The molecule has 0 spiro atoms. The third-order valence-electron chi connectivity index (χ3n) is 4.15. The monoisotopic (exact) mass is 365 g/mol. The molecule has 3 rings (SSSR count). The molecule has 2 aromatic carbocycles. The van der Waals surface area contributed by atoms with Crippen molar-refractivity contribution in [3.63, 3.8) is 0 Å². The number of urea groups is 1. The van der Waals surface area contributed by atoms with Gasteiger partial charge >= 0.3 is 6.03 Å². The summed E-state index contributed by atoms with van der Waals surface area (Å²) < 4.78 is 0. The Balaban J connectivity index is 1.75. The van der Waals surface area contributed by atoms with Crippen molar-refractivity contribution < 1.29 is 4.79 Å². The van der Waals surface area contributed by atoms with E-state index in [1.807, 2.05) is 73.6 Å².